The van der Waals surface area contributed by atoms with Crippen molar-refractivity contribution in [2.75, 3.05) is 0 Å². The monoisotopic (exact) mass is 222 g/mol. The Morgan fingerprint density at radius 3 is 2.23 bits per heavy atom. The highest BCUT2D eigenvalue weighted by Crippen LogP contribution is 2.09. The molecule has 4 nitrogen and oxygen atoms in total. The molecule has 0 amide bonds. The van der Waals surface area contributed by atoms with Crippen LogP contribution in [0.5, 0.6) is 0 Å². The van der Waals surface area contributed by atoms with Crippen LogP contribution >= 0.6 is 23.2 Å². The van der Waals surface area contributed by atoms with Crippen LogP contribution in [0.25, 0.3) is 0 Å². The molecule has 1 aromatic rings. The minimum Gasteiger partial charge on any atom is -0.298 e. The molecule has 0 radical (unpaired) electrons. The number of nitrogens with zero attached hydrogens (tertiary/aromatic N) is 2. The Hall–Kier alpha value is -0.740. The Morgan fingerprint density at radius 2 is 1.77 bits per heavy atom. The second-order valence-electron chi connectivity index (χ2n) is 2.60. The maximum Gasteiger partial charge on any atom is 0.330 e. The van der Waals surface area contributed by atoms with Crippen LogP contribution in [0.4, 0.5) is 0 Å². The van der Waals surface area contributed by atoms with Gasteiger partial charge in [-0.05, 0) is 0 Å². The normalized spacial score (nSPS) is 10.5. The van der Waals surface area contributed by atoms with Gasteiger partial charge in [0.1, 0.15) is 5.02 Å². The first-order valence-electron chi connectivity index (χ1n) is 3.51. The summed E-state index contributed by atoms with van der Waals surface area (Å²) in [6, 6.07) is 0. The van der Waals surface area contributed by atoms with Crippen LogP contribution in [-0.2, 0) is 20.0 Å². The average Bonchev–Trinajstić information content (AvgIpc) is 2.13. The Labute approximate surface area is 84.3 Å². The fourth-order valence-corrected chi connectivity index (χ4v) is 1.70. The lowest BCUT2D eigenvalue weighted by Gasteiger charge is -2.08. The van der Waals surface area contributed by atoms with Crippen molar-refractivity contribution in [3.63, 3.8) is 0 Å². The van der Waals surface area contributed by atoms with Crippen LogP contribution in [0.3, 0.4) is 0 Å². The van der Waals surface area contributed by atoms with Crippen molar-refractivity contribution < 1.29 is 0 Å². The maximum atomic E-state index is 11.3. The highest BCUT2D eigenvalue weighted by Gasteiger charge is 2.11. The maximum absolute atomic E-state index is 11.3. The molecule has 0 aromatic carbocycles. The third-order valence-corrected chi connectivity index (χ3v) is 2.48. The third-order valence-electron chi connectivity index (χ3n) is 1.85. The van der Waals surface area contributed by atoms with Crippen LogP contribution in [0.2, 0.25) is 5.02 Å². The Balaban J connectivity index is 3.78. The molecular formula is C7H8Cl2N2O2. The summed E-state index contributed by atoms with van der Waals surface area (Å²) >= 11 is 11.2. The number of halogens is 2. The molecule has 0 unspecified atom stereocenters. The first kappa shape index (κ1) is 10.3. The van der Waals surface area contributed by atoms with E-state index in [1.807, 2.05) is 0 Å². The molecule has 0 aliphatic heterocycles. The van der Waals surface area contributed by atoms with Gasteiger partial charge < -0.3 is 0 Å². The third kappa shape index (κ3) is 1.51. The van der Waals surface area contributed by atoms with Gasteiger partial charge >= 0.3 is 5.69 Å². The molecule has 0 bridgehead atoms. The Bertz CT molecular complexity index is 410. The van der Waals surface area contributed by atoms with E-state index >= 15 is 0 Å². The van der Waals surface area contributed by atoms with E-state index in [2.05, 4.69) is 0 Å². The summed E-state index contributed by atoms with van der Waals surface area (Å²) in [7, 11) is 2.89. The van der Waals surface area contributed by atoms with Gasteiger partial charge in [0.15, 0.2) is 0 Å². The standard InChI is InChI=1S/C7H8Cl2N2O2/c1-10-4(3-8)5(9)6(12)11(2)7(10)13/h3H2,1-2H3. The van der Waals surface area contributed by atoms with Crippen LogP contribution in [-0.4, -0.2) is 9.13 Å². The lowest BCUT2D eigenvalue weighted by molar-refractivity contribution is 0.665. The van der Waals surface area contributed by atoms with Gasteiger partial charge in [-0.1, -0.05) is 11.6 Å². The van der Waals surface area contributed by atoms with E-state index in [1.54, 1.807) is 0 Å². The number of aromatic nitrogens is 2. The van der Waals surface area contributed by atoms with Gasteiger partial charge in [-0.3, -0.25) is 13.9 Å². The summed E-state index contributed by atoms with van der Waals surface area (Å²) in [5.41, 5.74) is -0.595. The summed E-state index contributed by atoms with van der Waals surface area (Å²) in [5.74, 6) is 0.0423. The second kappa shape index (κ2) is 3.55. The Morgan fingerprint density at radius 1 is 1.23 bits per heavy atom. The van der Waals surface area contributed by atoms with E-state index in [-0.39, 0.29) is 10.9 Å². The second-order valence-corrected chi connectivity index (χ2v) is 3.25. The summed E-state index contributed by atoms with van der Waals surface area (Å²) in [4.78, 5) is 22.6. The van der Waals surface area contributed by atoms with E-state index in [0.29, 0.717) is 5.69 Å². The minimum absolute atomic E-state index is 0.000370. The SMILES string of the molecule is Cn1c(CCl)c(Cl)c(=O)n(C)c1=O. The fourth-order valence-electron chi connectivity index (χ4n) is 0.994. The van der Waals surface area contributed by atoms with Crippen LogP contribution < -0.4 is 11.2 Å². The number of hydrogen-bond acceptors (Lipinski definition) is 2. The van der Waals surface area contributed by atoms with Crippen LogP contribution in [0.1, 0.15) is 5.69 Å². The van der Waals surface area contributed by atoms with E-state index < -0.39 is 11.2 Å². The molecule has 0 aliphatic carbocycles. The van der Waals surface area contributed by atoms with Crippen molar-refractivity contribution in [1.82, 2.24) is 9.13 Å². The largest absolute Gasteiger partial charge is 0.330 e. The van der Waals surface area contributed by atoms with E-state index in [9.17, 15) is 9.59 Å². The molecule has 0 aliphatic rings. The smallest absolute Gasteiger partial charge is 0.298 e. The molecule has 1 aromatic heterocycles. The first-order valence-corrected chi connectivity index (χ1v) is 4.42. The molecule has 0 saturated carbocycles. The predicted octanol–water partition coefficient (Wildman–Crippen LogP) is 0.476. The van der Waals surface area contributed by atoms with Gasteiger partial charge in [-0.15, -0.1) is 11.6 Å². The quantitative estimate of drug-likeness (QED) is 0.650. The summed E-state index contributed by atoms with van der Waals surface area (Å²) in [5, 5.41) is -0.000370. The first-order chi connectivity index (χ1) is 6.00. The molecule has 0 atom stereocenters. The van der Waals surface area contributed by atoms with Gasteiger partial charge in [0.05, 0.1) is 11.6 Å². The molecular weight excluding hydrogens is 215 g/mol. The lowest BCUT2D eigenvalue weighted by atomic mass is 10.4. The molecule has 1 heterocycles. The Kier molecular flexibility index (Phi) is 2.83. The van der Waals surface area contributed by atoms with Crippen LogP contribution in [0.15, 0.2) is 9.59 Å². The van der Waals surface area contributed by atoms with Crippen molar-refractivity contribution in [3.05, 3.63) is 31.6 Å². The van der Waals surface area contributed by atoms with E-state index in [1.165, 1.54) is 18.7 Å². The van der Waals surface area contributed by atoms with Gasteiger partial charge in [-0.2, -0.15) is 0 Å². The molecule has 1 rings (SSSR count). The van der Waals surface area contributed by atoms with Crippen LogP contribution in [0, 0.1) is 0 Å². The molecule has 0 fully saturated rings. The topological polar surface area (TPSA) is 44.0 Å². The van der Waals surface area contributed by atoms with Crippen molar-refractivity contribution in [3.8, 4) is 0 Å². The summed E-state index contributed by atoms with van der Waals surface area (Å²) in [6.45, 7) is 0. The minimum atomic E-state index is -0.514. The highest BCUT2D eigenvalue weighted by molar-refractivity contribution is 6.31. The molecule has 6 heteroatoms. The van der Waals surface area contributed by atoms with Gasteiger partial charge in [-0.25, -0.2) is 4.79 Å². The molecule has 13 heavy (non-hydrogen) atoms. The lowest BCUT2D eigenvalue weighted by Crippen LogP contribution is -2.38. The van der Waals surface area contributed by atoms with Gasteiger partial charge in [0, 0.05) is 14.1 Å². The number of rotatable bonds is 1. The highest BCUT2D eigenvalue weighted by atomic mass is 35.5. The molecule has 0 spiro atoms. The number of alkyl halides is 1. The summed E-state index contributed by atoms with van der Waals surface area (Å²) < 4.78 is 2.20. The predicted molar refractivity (Wildman–Crippen MR) is 51.5 cm³/mol. The number of hydrogen-bond donors (Lipinski definition) is 0. The zero-order chi connectivity index (χ0) is 10.2. The molecule has 72 valence electrons. The van der Waals surface area contributed by atoms with E-state index in [0.717, 1.165) is 4.57 Å². The van der Waals surface area contributed by atoms with Crippen molar-refractivity contribution in [2.45, 2.75) is 5.88 Å². The van der Waals surface area contributed by atoms with E-state index in [4.69, 9.17) is 23.2 Å². The van der Waals surface area contributed by atoms with Crippen molar-refractivity contribution in [1.29, 1.82) is 0 Å². The van der Waals surface area contributed by atoms with Crippen molar-refractivity contribution in [2.24, 2.45) is 14.1 Å². The average molecular weight is 223 g/mol. The van der Waals surface area contributed by atoms with Gasteiger partial charge in [0.25, 0.3) is 5.56 Å². The molecule has 0 saturated heterocycles. The summed E-state index contributed by atoms with van der Waals surface area (Å²) in [6.07, 6.45) is 0. The van der Waals surface area contributed by atoms with Gasteiger partial charge in [0.2, 0.25) is 0 Å². The zero-order valence-corrected chi connectivity index (χ0v) is 8.69. The fraction of sp³-hybridized carbons (Fsp3) is 0.429. The van der Waals surface area contributed by atoms with Crippen molar-refractivity contribution >= 4 is 23.2 Å². The zero-order valence-electron chi connectivity index (χ0n) is 7.17. The molecule has 0 N–H and O–H groups in total.